The van der Waals surface area contributed by atoms with E-state index >= 15 is 0 Å². The monoisotopic (exact) mass is 200 g/mol. The number of aliphatic carboxylic acids is 1. The Hall–Kier alpha value is -1.78. The number of carboxylic acids is 1. The van der Waals surface area contributed by atoms with Crippen LogP contribution >= 0.6 is 0 Å². The van der Waals surface area contributed by atoms with Gasteiger partial charge in [-0.1, -0.05) is 0 Å². The first-order chi connectivity index (χ1) is 6.45. The van der Waals surface area contributed by atoms with E-state index in [2.05, 4.69) is 0 Å². The first kappa shape index (κ1) is 10.3. The number of carboxylic acid groups (broad SMARTS) is 1. The predicted molar refractivity (Wildman–Crippen MR) is 45.8 cm³/mol. The van der Waals surface area contributed by atoms with E-state index in [1.54, 1.807) is 0 Å². The summed E-state index contributed by atoms with van der Waals surface area (Å²) in [4.78, 5) is 10.6. The van der Waals surface area contributed by atoms with Crippen LogP contribution in [0.3, 0.4) is 0 Å². The topological polar surface area (TPSA) is 77.8 Å². The molecule has 0 radical (unpaired) electrons. The fourth-order valence-corrected chi connectivity index (χ4v) is 1.11. The van der Waals surface area contributed by atoms with Crippen molar-refractivity contribution in [2.24, 2.45) is 0 Å². The van der Waals surface area contributed by atoms with Gasteiger partial charge in [0.25, 0.3) is 0 Å². The normalized spacial score (nSPS) is 12.4. The van der Waals surface area contributed by atoms with Gasteiger partial charge in [0.05, 0.1) is 5.92 Å². The lowest BCUT2D eigenvalue weighted by Crippen LogP contribution is -2.09. The van der Waals surface area contributed by atoms with Crippen LogP contribution in [0.1, 0.15) is 18.4 Å². The first-order valence-corrected chi connectivity index (χ1v) is 3.88. The van der Waals surface area contributed by atoms with Crippen molar-refractivity contribution < 1.29 is 24.5 Å². The van der Waals surface area contributed by atoms with Gasteiger partial charge < -0.3 is 15.3 Å². The van der Waals surface area contributed by atoms with Crippen LogP contribution < -0.4 is 0 Å². The van der Waals surface area contributed by atoms with Crippen molar-refractivity contribution in [3.8, 4) is 11.5 Å². The van der Waals surface area contributed by atoms with E-state index in [1.165, 1.54) is 6.92 Å². The molecule has 5 heteroatoms. The molecule has 3 N–H and O–H groups in total. The van der Waals surface area contributed by atoms with Gasteiger partial charge in [-0.05, 0) is 19.1 Å². The third-order valence-corrected chi connectivity index (χ3v) is 1.95. The summed E-state index contributed by atoms with van der Waals surface area (Å²) < 4.78 is 13.1. The third-order valence-electron chi connectivity index (χ3n) is 1.95. The van der Waals surface area contributed by atoms with Gasteiger partial charge in [-0.2, -0.15) is 0 Å². The maximum Gasteiger partial charge on any atom is 0.310 e. The molecular formula is C9H9FO4. The van der Waals surface area contributed by atoms with Crippen molar-refractivity contribution in [2.45, 2.75) is 12.8 Å². The van der Waals surface area contributed by atoms with Gasteiger partial charge in [0.2, 0.25) is 0 Å². The van der Waals surface area contributed by atoms with Crippen molar-refractivity contribution in [3.63, 3.8) is 0 Å². The number of hydrogen-bond acceptors (Lipinski definition) is 3. The summed E-state index contributed by atoms with van der Waals surface area (Å²) in [6.07, 6.45) is 0. The summed E-state index contributed by atoms with van der Waals surface area (Å²) in [6, 6.07) is 1.87. The second-order valence-corrected chi connectivity index (χ2v) is 2.89. The number of rotatable bonds is 2. The second-order valence-electron chi connectivity index (χ2n) is 2.89. The number of phenolic OH excluding ortho intramolecular Hbond substituents is 2. The van der Waals surface area contributed by atoms with E-state index in [0.29, 0.717) is 0 Å². The highest BCUT2D eigenvalue weighted by Crippen LogP contribution is 2.35. The Morgan fingerprint density at radius 3 is 2.50 bits per heavy atom. The highest BCUT2D eigenvalue weighted by molar-refractivity contribution is 5.77. The van der Waals surface area contributed by atoms with Crippen LogP contribution in [-0.4, -0.2) is 21.3 Å². The number of benzene rings is 1. The summed E-state index contributed by atoms with van der Waals surface area (Å²) in [6.45, 7) is 1.22. The molecular weight excluding hydrogens is 191 g/mol. The summed E-state index contributed by atoms with van der Waals surface area (Å²) in [5.74, 6) is -4.59. The Balaban J connectivity index is 3.32. The second kappa shape index (κ2) is 3.53. The Bertz CT molecular complexity index is 375. The van der Waals surface area contributed by atoms with Crippen molar-refractivity contribution in [3.05, 3.63) is 23.5 Å². The van der Waals surface area contributed by atoms with Crippen LogP contribution in [0.4, 0.5) is 4.39 Å². The van der Waals surface area contributed by atoms with Crippen LogP contribution in [0.25, 0.3) is 0 Å². The SMILES string of the molecule is CC(C(=O)O)c1c(F)ccc(O)c1O. The van der Waals surface area contributed by atoms with Gasteiger partial charge in [-0.25, -0.2) is 4.39 Å². The fraction of sp³-hybridized carbons (Fsp3) is 0.222. The van der Waals surface area contributed by atoms with Crippen molar-refractivity contribution in [1.29, 1.82) is 0 Å². The van der Waals surface area contributed by atoms with Crippen LogP contribution in [0.15, 0.2) is 12.1 Å². The van der Waals surface area contributed by atoms with Gasteiger partial charge >= 0.3 is 5.97 Å². The number of carbonyl (C=O) groups is 1. The number of hydrogen-bond donors (Lipinski definition) is 3. The minimum atomic E-state index is -1.27. The zero-order chi connectivity index (χ0) is 10.9. The molecule has 1 rings (SSSR count). The number of halogens is 1. The molecule has 0 saturated heterocycles. The van der Waals surface area contributed by atoms with Gasteiger partial charge in [-0.3, -0.25) is 4.79 Å². The zero-order valence-electron chi connectivity index (χ0n) is 7.36. The summed E-state index contributed by atoms with van der Waals surface area (Å²) in [7, 11) is 0. The summed E-state index contributed by atoms with van der Waals surface area (Å²) in [5, 5.41) is 26.9. The average Bonchev–Trinajstić information content (AvgIpc) is 2.12. The molecule has 0 saturated carbocycles. The van der Waals surface area contributed by atoms with Crippen LogP contribution in [0, 0.1) is 5.82 Å². The maximum atomic E-state index is 13.1. The number of aromatic hydroxyl groups is 2. The molecule has 76 valence electrons. The standard InChI is InChI=1S/C9H9FO4/c1-4(9(13)14)7-5(10)2-3-6(11)8(7)12/h2-4,11-12H,1H3,(H,13,14). The molecule has 0 aromatic heterocycles. The zero-order valence-corrected chi connectivity index (χ0v) is 7.36. The molecule has 14 heavy (non-hydrogen) atoms. The molecule has 0 heterocycles. The molecule has 0 amide bonds. The van der Waals surface area contributed by atoms with E-state index in [9.17, 15) is 14.3 Å². The Kier molecular flexibility index (Phi) is 2.60. The molecule has 0 aliphatic carbocycles. The average molecular weight is 200 g/mol. The molecule has 0 fully saturated rings. The van der Waals surface area contributed by atoms with Crippen LogP contribution in [-0.2, 0) is 4.79 Å². The van der Waals surface area contributed by atoms with E-state index in [1.807, 2.05) is 0 Å². The van der Waals surface area contributed by atoms with Crippen LogP contribution in [0.5, 0.6) is 11.5 Å². The van der Waals surface area contributed by atoms with Gasteiger partial charge in [0.15, 0.2) is 11.5 Å². The van der Waals surface area contributed by atoms with Crippen molar-refractivity contribution in [2.75, 3.05) is 0 Å². The van der Waals surface area contributed by atoms with Gasteiger partial charge in [-0.15, -0.1) is 0 Å². The Morgan fingerprint density at radius 1 is 1.43 bits per heavy atom. The summed E-state index contributed by atoms with van der Waals surface area (Å²) in [5.41, 5.74) is -0.405. The van der Waals surface area contributed by atoms with E-state index in [4.69, 9.17) is 10.2 Å². The Morgan fingerprint density at radius 2 is 2.00 bits per heavy atom. The van der Waals surface area contributed by atoms with Crippen LogP contribution in [0.2, 0.25) is 0 Å². The lowest BCUT2D eigenvalue weighted by atomic mass is 9.99. The molecule has 0 bridgehead atoms. The van der Waals surface area contributed by atoms with E-state index in [-0.39, 0.29) is 0 Å². The molecule has 1 aromatic rings. The Labute approximate surface area is 79.2 Å². The van der Waals surface area contributed by atoms with E-state index < -0.39 is 34.8 Å². The van der Waals surface area contributed by atoms with Gasteiger partial charge in [0, 0.05) is 5.56 Å². The minimum absolute atomic E-state index is 0.405. The molecule has 1 unspecified atom stereocenters. The molecule has 0 spiro atoms. The molecule has 1 aromatic carbocycles. The molecule has 1 atom stereocenters. The predicted octanol–water partition coefficient (Wildman–Crippen LogP) is 1.43. The summed E-state index contributed by atoms with van der Waals surface area (Å²) >= 11 is 0. The molecule has 0 aliphatic heterocycles. The van der Waals surface area contributed by atoms with Crippen molar-refractivity contribution in [1.82, 2.24) is 0 Å². The van der Waals surface area contributed by atoms with Gasteiger partial charge in [0.1, 0.15) is 5.82 Å². The third kappa shape index (κ3) is 1.61. The highest BCUT2D eigenvalue weighted by atomic mass is 19.1. The molecule has 0 aliphatic rings. The largest absolute Gasteiger partial charge is 0.504 e. The van der Waals surface area contributed by atoms with E-state index in [0.717, 1.165) is 12.1 Å². The molecule has 4 nitrogen and oxygen atoms in total. The smallest absolute Gasteiger partial charge is 0.310 e. The van der Waals surface area contributed by atoms with Crippen molar-refractivity contribution >= 4 is 5.97 Å². The lowest BCUT2D eigenvalue weighted by molar-refractivity contribution is -0.138. The minimum Gasteiger partial charge on any atom is -0.504 e. The maximum absolute atomic E-state index is 13.1. The quantitative estimate of drug-likeness (QED) is 0.631. The lowest BCUT2D eigenvalue weighted by Gasteiger charge is -2.10. The first-order valence-electron chi connectivity index (χ1n) is 3.88. The number of phenols is 2. The highest BCUT2D eigenvalue weighted by Gasteiger charge is 2.23. The fourth-order valence-electron chi connectivity index (χ4n) is 1.11.